The molecule has 0 saturated heterocycles. The number of pyridine rings is 1. The maximum Gasteiger partial charge on any atom is 0.161 e. The third-order valence-electron chi connectivity index (χ3n) is 1.81. The van der Waals surface area contributed by atoms with Gasteiger partial charge in [0.1, 0.15) is 29.1 Å². The van der Waals surface area contributed by atoms with E-state index in [1.807, 2.05) is 19.1 Å². The third kappa shape index (κ3) is 2.16. The van der Waals surface area contributed by atoms with Crippen LogP contribution in [0.15, 0.2) is 0 Å². The minimum absolute atomic E-state index is 0.0300. The van der Waals surface area contributed by atoms with Gasteiger partial charge in [0.2, 0.25) is 0 Å². The predicted molar refractivity (Wildman–Crippen MR) is 58.9 cm³/mol. The van der Waals surface area contributed by atoms with E-state index in [4.69, 9.17) is 32.6 Å². The van der Waals surface area contributed by atoms with Gasteiger partial charge in [-0.1, -0.05) is 18.5 Å². The van der Waals surface area contributed by atoms with Crippen LogP contribution in [0.2, 0.25) is 5.15 Å². The molecule has 0 unspecified atom stereocenters. The Bertz CT molecular complexity index is 449. The fourth-order valence-corrected chi connectivity index (χ4v) is 1.33. The van der Waals surface area contributed by atoms with Gasteiger partial charge in [-0.05, 0) is 6.42 Å². The van der Waals surface area contributed by atoms with Crippen molar-refractivity contribution < 1.29 is 4.74 Å². The van der Waals surface area contributed by atoms with Crippen LogP contribution in [0.4, 0.5) is 5.82 Å². The number of halogens is 1. The van der Waals surface area contributed by atoms with Gasteiger partial charge in [0.15, 0.2) is 10.9 Å². The van der Waals surface area contributed by atoms with E-state index in [1.165, 1.54) is 0 Å². The van der Waals surface area contributed by atoms with Crippen LogP contribution >= 0.6 is 11.6 Å². The Balaban J connectivity index is 3.40. The van der Waals surface area contributed by atoms with Crippen molar-refractivity contribution >= 4 is 17.4 Å². The highest BCUT2D eigenvalue weighted by Crippen LogP contribution is 2.31. The van der Waals surface area contributed by atoms with Crippen LogP contribution in [0.25, 0.3) is 0 Å². The van der Waals surface area contributed by atoms with Crippen molar-refractivity contribution in [3.05, 3.63) is 16.3 Å². The fourth-order valence-electron chi connectivity index (χ4n) is 1.11. The van der Waals surface area contributed by atoms with Gasteiger partial charge in [-0.25, -0.2) is 4.98 Å². The van der Waals surface area contributed by atoms with Crippen LogP contribution in [-0.4, -0.2) is 11.6 Å². The van der Waals surface area contributed by atoms with Crippen molar-refractivity contribution in [1.29, 1.82) is 10.5 Å². The van der Waals surface area contributed by atoms with Crippen molar-refractivity contribution in [2.75, 3.05) is 12.3 Å². The summed E-state index contributed by atoms with van der Waals surface area (Å²) in [5.74, 6) is 0.0851. The van der Waals surface area contributed by atoms with Gasteiger partial charge in [0.25, 0.3) is 0 Å². The van der Waals surface area contributed by atoms with Gasteiger partial charge in [-0.3, -0.25) is 0 Å². The number of nitrogen functional groups attached to an aromatic ring is 1. The second kappa shape index (κ2) is 5.20. The molecule has 6 heteroatoms. The maximum absolute atomic E-state index is 8.91. The summed E-state index contributed by atoms with van der Waals surface area (Å²) in [5.41, 5.74) is 5.61. The molecule has 0 aliphatic heterocycles. The minimum atomic E-state index is -0.0508. The standard InChI is InChI=1S/C10H9ClN4O/c1-2-3-16-8-6(4-12)9(11)15-10(14)7(8)5-13/h2-3H2,1H3,(H2,14,15). The first-order chi connectivity index (χ1) is 7.65. The van der Waals surface area contributed by atoms with E-state index in [0.29, 0.717) is 6.61 Å². The predicted octanol–water partition coefficient (Wildman–Crippen LogP) is 1.85. The van der Waals surface area contributed by atoms with E-state index in [-0.39, 0.29) is 27.8 Å². The largest absolute Gasteiger partial charge is 0.491 e. The molecule has 0 fully saturated rings. The smallest absolute Gasteiger partial charge is 0.161 e. The molecule has 1 heterocycles. The lowest BCUT2D eigenvalue weighted by Gasteiger charge is -2.10. The lowest BCUT2D eigenvalue weighted by Crippen LogP contribution is -2.05. The number of ether oxygens (including phenoxy) is 1. The zero-order valence-electron chi connectivity index (χ0n) is 8.62. The molecule has 1 aromatic heterocycles. The summed E-state index contributed by atoms with van der Waals surface area (Å²) >= 11 is 5.74. The van der Waals surface area contributed by atoms with Gasteiger partial charge in [0.05, 0.1) is 6.61 Å². The van der Waals surface area contributed by atoms with Crippen LogP contribution < -0.4 is 10.5 Å². The maximum atomic E-state index is 8.91. The van der Waals surface area contributed by atoms with Crippen LogP contribution in [0.1, 0.15) is 24.5 Å². The molecule has 0 bridgehead atoms. The third-order valence-corrected chi connectivity index (χ3v) is 2.08. The molecule has 16 heavy (non-hydrogen) atoms. The second-order valence-electron chi connectivity index (χ2n) is 2.94. The first kappa shape index (κ1) is 12.1. The van der Waals surface area contributed by atoms with E-state index in [1.54, 1.807) is 0 Å². The van der Waals surface area contributed by atoms with Crippen LogP contribution in [0.3, 0.4) is 0 Å². The van der Waals surface area contributed by atoms with Crippen LogP contribution in [0.5, 0.6) is 5.75 Å². The molecule has 0 aliphatic rings. The number of nitrogens with two attached hydrogens (primary N) is 1. The topological polar surface area (TPSA) is 95.7 Å². The minimum Gasteiger partial charge on any atom is -0.491 e. The van der Waals surface area contributed by atoms with Gasteiger partial charge in [-0.15, -0.1) is 0 Å². The van der Waals surface area contributed by atoms with E-state index >= 15 is 0 Å². The average Bonchev–Trinajstić information content (AvgIpc) is 2.26. The van der Waals surface area contributed by atoms with Gasteiger partial charge < -0.3 is 10.5 Å². The highest BCUT2D eigenvalue weighted by atomic mass is 35.5. The molecule has 0 amide bonds. The summed E-state index contributed by atoms with van der Waals surface area (Å²) in [4.78, 5) is 3.70. The molecule has 0 atom stereocenters. The number of hydrogen-bond acceptors (Lipinski definition) is 5. The molecule has 82 valence electrons. The van der Waals surface area contributed by atoms with Crippen molar-refractivity contribution in [2.45, 2.75) is 13.3 Å². The van der Waals surface area contributed by atoms with Gasteiger partial charge in [-0.2, -0.15) is 10.5 Å². The highest BCUT2D eigenvalue weighted by molar-refractivity contribution is 6.31. The average molecular weight is 237 g/mol. The quantitative estimate of drug-likeness (QED) is 0.808. The number of rotatable bonds is 3. The van der Waals surface area contributed by atoms with Crippen molar-refractivity contribution in [3.63, 3.8) is 0 Å². The van der Waals surface area contributed by atoms with E-state index in [2.05, 4.69) is 4.98 Å². The van der Waals surface area contributed by atoms with E-state index < -0.39 is 0 Å². The Labute approximate surface area is 98.0 Å². The molecule has 0 aromatic carbocycles. The molecule has 2 N–H and O–H groups in total. The first-order valence-corrected chi connectivity index (χ1v) is 4.95. The van der Waals surface area contributed by atoms with E-state index in [9.17, 15) is 0 Å². The summed E-state index contributed by atoms with van der Waals surface area (Å²) in [6.07, 6.45) is 0.746. The zero-order valence-corrected chi connectivity index (χ0v) is 9.38. The van der Waals surface area contributed by atoms with Gasteiger partial charge >= 0.3 is 0 Å². The Morgan fingerprint density at radius 3 is 2.50 bits per heavy atom. The number of nitrogens with zero attached hydrogens (tertiary/aromatic N) is 3. The molecule has 1 rings (SSSR count). The normalized spacial score (nSPS) is 9.25. The van der Waals surface area contributed by atoms with Crippen molar-refractivity contribution in [1.82, 2.24) is 4.98 Å². The zero-order chi connectivity index (χ0) is 12.1. The molecular weight excluding hydrogens is 228 g/mol. The summed E-state index contributed by atoms with van der Waals surface area (Å²) < 4.78 is 5.31. The summed E-state index contributed by atoms with van der Waals surface area (Å²) in [5, 5.41) is 17.8. The number of anilines is 1. The molecule has 0 radical (unpaired) electrons. The molecule has 5 nitrogen and oxygen atoms in total. The highest BCUT2D eigenvalue weighted by Gasteiger charge is 2.18. The van der Waals surface area contributed by atoms with Crippen molar-refractivity contribution in [2.24, 2.45) is 0 Å². The van der Waals surface area contributed by atoms with E-state index in [0.717, 1.165) is 6.42 Å². The second-order valence-corrected chi connectivity index (χ2v) is 3.30. The van der Waals surface area contributed by atoms with Crippen LogP contribution in [-0.2, 0) is 0 Å². The van der Waals surface area contributed by atoms with Crippen molar-refractivity contribution in [3.8, 4) is 17.9 Å². The SMILES string of the molecule is CCCOc1c(C#N)c(N)nc(Cl)c1C#N. The Morgan fingerprint density at radius 1 is 1.38 bits per heavy atom. The van der Waals surface area contributed by atoms with Crippen LogP contribution in [0, 0.1) is 22.7 Å². The molecule has 1 aromatic rings. The summed E-state index contributed by atoms with van der Waals surface area (Å²) in [6.45, 7) is 2.29. The molecular formula is C10H9ClN4O. The monoisotopic (exact) mass is 236 g/mol. The summed E-state index contributed by atoms with van der Waals surface area (Å²) in [6, 6.07) is 3.70. The lowest BCUT2D eigenvalue weighted by molar-refractivity contribution is 0.315. The first-order valence-electron chi connectivity index (χ1n) is 4.57. The number of aromatic nitrogens is 1. The summed E-state index contributed by atoms with van der Waals surface area (Å²) in [7, 11) is 0. The molecule has 0 aliphatic carbocycles. The Kier molecular flexibility index (Phi) is 3.93. The molecule has 0 saturated carbocycles. The number of hydrogen-bond donors (Lipinski definition) is 1. The molecule has 0 spiro atoms. The lowest BCUT2D eigenvalue weighted by atomic mass is 10.2. The van der Waals surface area contributed by atoms with Gasteiger partial charge in [0, 0.05) is 0 Å². The fraction of sp³-hybridized carbons (Fsp3) is 0.300. The Morgan fingerprint density at radius 2 is 2.00 bits per heavy atom. The number of nitriles is 2. The Hall–Kier alpha value is -1.98.